The van der Waals surface area contributed by atoms with Gasteiger partial charge in [-0.2, -0.15) is 10.1 Å². The van der Waals surface area contributed by atoms with Crippen LogP contribution in [0.2, 0.25) is 0 Å². The van der Waals surface area contributed by atoms with Crippen LogP contribution in [0, 0.1) is 0 Å². The summed E-state index contributed by atoms with van der Waals surface area (Å²) >= 11 is 3.50. The van der Waals surface area contributed by atoms with Crippen LogP contribution in [0.4, 0.5) is 11.6 Å². The van der Waals surface area contributed by atoms with E-state index in [1.165, 1.54) is 5.69 Å². The molecule has 0 bridgehead atoms. The van der Waals surface area contributed by atoms with Gasteiger partial charge in [0.25, 0.3) is 5.56 Å². The molecule has 7 nitrogen and oxygen atoms in total. The van der Waals surface area contributed by atoms with Gasteiger partial charge in [0.2, 0.25) is 5.95 Å². The Morgan fingerprint density at radius 1 is 0.686 bits per heavy atom. The van der Waals surface area contributed by atoms with Gasteiger partial charge in [-0.3, -0.25) is 4.79 Å². The fourth-order valence-corrected chi connectivity index (χ4v) is 4.82. The zero-order valence-corrected chi connectivity index (χ0v) is 20.5. The second-order valence-electron chi connectivity index (χ2n) is 8.47. The van der Waals surface area contributed by atoms with Crippen LogP contribution in [-0.2, 0) is 0 Å². The normalized spacial score (nSPS) is 14.0. The summed E-state index contributed by atoms with van der Waals surface area (Å²) in [6, 6.07) is 28.0. The second-order valence-corrected chi connectivity index (χ2v) is 9.38. The van der Waals surface area contributed by atoms with Crippen molar-refractivity contribution < 1.29 is 0 Å². The van der Waals surface area contributed by atoms with Crippen molar-refractivity contribution in [1.29, 1.82) is 0 Å². The minimum atomic E-state index is -0.125. The molecule has 0 spiro atoms. The van der Waals surface area contributed by atoms with Crippen molar-refractivity contribution in [2.24, 2.45) is 0 Å². The van der Waals surface area contributed by atoms with Crippen LogP contribution in [0.3, 0.4) is 0 Å². The Kier molecular flexibility index (Phi) is 5.58. The molecule has 1 fully saturated rings. The maximum absolute atomic E-state index is 13.8. The quantitative estimate of drug-likeness (QED) is 0.340. The van der Waals surface area contributed by atoms with Gasteiger partial charge >= 0.3 is 0 Å². The molecule has 6 rings (SSSR count). The molecule has 174 valence electrons. The Hall–Kier alpha value is -3.91. The Labute approximate surface area is 211 Å². The van der Waals surface area contributed by atoms with Crippen LogP contribution in [0.15, 0.2) is 100 Å². The Balaban J connectivity index is 1.46. The third-order valence-corrected chi connectivity index (χ3v) is 6.88. The lowest BCUT2D eigenvalue weighted by molar-refractivity contribution is 0.631. The molecule has 35 heavy (non-hydrogen) atoms. The van der Waals surface area contributed by atoms with Crippen molar-refractivity contribution in [3.05, 3.63) is 106 Å². The minimum Gasteiger partial charge on any atom is -0.368 e. The van der Waals surface area contributed by atoms with Gasteiger partial charge in [-0.05, 0) is 48.5 Å². The highest BCUT2D eigenvalue weighted by Crippen LogP contribution is 2.24. The molecule has 0 unspecified atom stereocenters. The molecule has 0 atom stereocenters. The van der Waals surface area contributed by atoms with Gasteiger partial charge in [-0.25, -0.2) is 9.25 Å². The molecule has 3 aromatic carbocycles. The summed E-state index contributed by atoms with van der Waals surface area (Å²) < 4.78 is 4.41. The van der Waals surface area contributed by atoms with Crippen molar-refractivity contribution in [3.63, 3.8) is 0 Å². The summed E-state index contributed by atoms with van der Waals surface area (Å²) in [6.45, 7) is 3.19. The Morgan fingerprint density at radius 3 is 1.94 bits per heavy atom. The first-order valence-electron chi connectivity index (χ1n) is 11.6. The Bertz CT molecular complexity index is 1520. The first kappa shape index (κ1) is 21.6. The molecule has 0 radical (unpaired) electrons. The summed E-state index contributed by atoms with van der Waals surface area (Å²) in [5.74, 6) is 0.634. The lowest BCUT2D eigenvalue weighted by Gasteiger charge is -2.37. The molecule has 3 heterocycles. The van der Waals surface area contributed by atoms with Gasteiger partial charge in [0.05, 0.1) is 17.6 Å². The lowest BCUT2D eigenvalue weighted by atomic mass is 10.2. The molecule has 0 amide bonds. The molecule has 1 saturated heterocycles. The van der Waals surface area contributed by atoms with Crippen LogP contribution in [0.25, 0.3) is 22.4 Å². The molecule has 8 heteroatoms. The Morgan fingerprint density at radius 2 is 1.29 bits per heavy atom. The third-order valence-electron chi connectivity index (χ3n) is 6.35. The number of piperazine rings is 1. The van der Waals surface area contributed by atoms with E-state index in [-0.39, 0.29) is 5.56 Å². The lowest BCUT2D eigenvalue weighted by Crippen LogP contribution is -2.48. The highest BCUT2D eigenvalue weighted by atomic mass is 79.9. The number of rotatable bonds is 4. The number of hydrogen-bond acceptors (Lipinski definition) is 5. The average Bonchev–Trinajstić information content (AvgIpc) is 3.35. The molecule has 2 aromatic heterocycles. The largest absolute Gasteiger partial charge is 0.368 e. The third kappa shape index (κ3) is 4.00. The topological polar surface area (TPSA) is 59.2 Å². The fourth-order valence-electron chi connectivity index (χ4n) is 4.55. The SMILES string of the molecule is O=c1c2cnn(-c3ccccc3)c2nc(N2CCN(c3ccccc3)CC2)n1-c1ccc(Br)cc1. The first-order chi connectivity index (χ1) is 17.2. The molecule has 1 aliphatic rings. The number of para-hydroxylation sites is 2. The van der Waals surface area contributed by atoms with Crippen molar-refractivity contribution in [3.8, 4) is 11.4 Å². The number of aromatic nitrogens is 4. The van der Waals surface area contributed by atoms with Crippen LogP contribution in [0.5, 0.6) is 0 Å². The van der Waals surface area contributed by atoms with Crippen molar-refractivity contribution in [1.82, 2.24) is 19.3 Å². The second kappa shape index (κ2) is 9.03. The average molecular weight is 527 g/mol. The molecule has 1 aliphatic heterocycles. The van der Waals surface area contributed by atoms with E-state index in [2.05, 4.69) is 55.1 Å². The van der Waals surface area contributed by atoms with E-state index in [1.54, 1.807) is 15.4 Å². The van der Waals surface area contributed by atoms with Crippen molar-refractivity contribution in [2.75, 3.05) is 36.0 Å². The van der Waals surface area contributed by atoms with E-state index >= 15 is 0 Å². The zero-order chi connectivity index (χ0) is 23.8. The van der Waals surface area contributed by atoms with Crippen LogP contribution in [0.1, 0.15) is 0 Å². The minimum absolute atomic E-state index is 0.125. The van der Waals surface area contributed by atoms with E-state index < -0.39 is 0 Å². The number of halogens is 1. The maximum Gasteiger partial charge on any atom is 0.270 e. The highest BCUT2D eigenvalue weighted by Gasteiger charge is 2.25. The van der Waals surface area contributed by atoms with Crippen LogP contribution in [-0.4, -0.2) is 45.5 Å². The monoisotopic (exact) mass is 526 g/mol. The maximum atomic E-state index is 13.8. The number of hydrogen-bond donors (Lipinski definition) is 0. The van der Waals surface area contributed by atoms with Gasteiger partial charge in [0.15, 0.2) is 5.65 Å². The molecule has 5 aromatic rings. The van der Waals surface area contributed by atoms with Crippen molar-refractivity contribution in [2.45, 2.75) is 0 Å². The summed E-state index contributed by atoms with van der Waals surface area (Å²) in [6.07, 6.45) is 1.62. The molecular formula is C27H23BrN6O. The van der Waals surface area contributed by atoms with Crippen LogP contribution >= 0.6 is 15.9 Å². The standard InChI is InChI=1S/C27H23BrN6O/c28-20-11-13-22(14-12-20)33-26(35)24-19-29-34(23-9-5-2-6-10-23)25(24)30-27(33)32-17-15-31(16-18-32)21-7-3-1-4-8-21/h1-14,19H,15-18H2. The predicted molar refractivity (Wildman–Crippen MR) is 143 cm³/mol. The van der Waals surface area contributed by atoms with Crippen LogP contribution < -0.4 is 15.4 Å². The molecule has 0 saturated carbocycles. The molecule has 0 N–H and O–H groups in total. The van der Waals surface area contributed by atoms with Gasteiger partial charge in [-0.15, -0.1) is 0 Å². The van der Waals surface area contributed by atoms with E-state index in [4.69, 9.17) is 4.98 Å². The number of anilines is 2. The van der Waals surface area contributed by atoms with E-state index in [9.17, 15) is 4.79 Å². The summed E-state index contributed by atoms with van der Waals surface area (Å²) in [7, 11) is 0. The number of benzene rings is 3. The predicted octanol–water partition coefficient (Wildman–Crippen LogP) is 4.66. The van der Waals surface area contributed by atoms with Gasteiger partial charge in [0, 0.05) is 36.3 Å². The number of fused-ring (bicyclic) bond motifs is 1. The van der Waals surface area contributed by atoms with E-state index in [0.29, 0.717) is 17.0 Å². The van der Waals surface area contributed by atoms with Crippen molar-refractivity contribution >= 4 is 38.6 Å². The van der Waals surface area contributed by atoms with Gasteiger partial charge in [0.1, 0.15) is 5.39 Å². The van der Waals surface area contributed by atoms with E-state index in [0.717, 1.165) is 42.0 Å². The summed E-state index contributed by atoms with van der Waals surface area (Å²) in [5.41, 5.74) is 3.30. The van der Waals surface area contributed by atoms with E-state index in [1.807, 2.05) is 60.7 Å². The first-order valence-corrected chi connectivity index (χ1v) is 12.4. The van der Waals surface area contributed by atoms with Gasteiger partial charge in [-0.1, -0.05) is 52.3 Å². The molecular weight excluding hydrogens is 504 g/mol. The van der Waals surface area contributed by atoms with Gasteiger partial charge < -0.3 is 9.80 Å². The molecule has 0 aliphatic carbocycles. The fraction of sp³-hybridized carbons (Fsp3) is 0.148. The summed E-state index contributed by atoms with van der Waals surface area (Å²) in [4.78, 5) is 23.4. The number of nitrogens with zero attached hydrogens (tertiary/aromatic N) is 6. The highest BCUT2D eigenvalue weighted by molar-refractivity contribution is 9.10. The zero-order valence-electron chi connectivity index (χ0n) is 19.0. The smallest absolute Gasteiger partial charge is 0.270 e. The summed E-state index contributed by atoms with van der Waals surface area (Å²) in [5, 5.41) is 5.01.